The first kappa shape index (κ1) is 9.28. The third kappa shape index (κ3) is 7.28. The first-order valence-electron chi connectivity index (χ1n) is 3.83. The summed E-state index contributed by atoms with van der Waals surface area (Å²) >= 11 is 0. The van der Waals surface area contributed by atoms with Gasteiger partial charge in [-0.15, -0.1) is 0 Å². The maximum absolute atomic E-state index is 9.81. The molecule has 0 saturated heterocycles. The van der Waals surface area contributed by atoms with E-state index in [-0.39, 0.29) is 0 Å². The second kappa shape index (κ2) is 8.28. The van der Waals surface area contributed by atoms with Crippen molar-refractivity contribution in [3.05, 3.63) is 24.5 Å². The zero-order valence-corrected chi connectivity index (χ0v) is 6.55. The minimum absolute atomic E-state index is 0.855. The molecule has 0 aromatic carbocycles. The average Bonchev–Trinajstić information content (AvgIpc) is 1.97. The summed E-state index contributed by atoms with van der Waals surface area (Å²) < 4.78 is 0. The van der Waals surface area contributed by atoms with Crippen molar-refractivity contribution in [1.29, 1.82) is 0 Å². The van der Waals surface area contributed by atoms with E-state index in [0.717, 1.165) is 25.5 Å². The molecule has 10 heavy (non-hydrogen) atoms. The van der Waals surface area contributed by atoms with Crippen molar-refractivity contribution in [2.24, 2.45) is 0 Å². The lowest BCUT2D eigenvalue weighted by atomic mass is 10.2. The van der Waals surface area contributed by atoms with Crippen LogP contribution in [-0.4, -0.2) is 0 Å². The highest BCUT2D eigenvalue weighted by Gasteiger charge is 1.75. The van der Waals surface area contributed by atoms with E-state index in [2.05, 4.69) is 19.1 Å². The summed E-state index contributed by atoms with van der Waals surface area (Å²) in [6.07, 6.45) is 11.0. The fraction of sp³-hybridized carbons (Fsp3) is 0.556. The molecule has 0 spiro atoms. The van der Waals surface area contributed by atoms with Crippen molar-refractivity contribution in [3.63, 3.8) is 0 Å². The first-order valence-corrected chi connectivity index (χ1v) is 3.83. The topological polar surface area (TPSA) is 19.9 Å². The maximum Gasteiger partial charge on any atom is 0.138 e. The van der Waals surface area contributed by atoms with Gasteiger partial charge in [-0.25, -0.2) is 0 Å². The van der Waals surface area contributed by atoms with Crippen molar-refractivity contribution in [3.8, 4) is 0 Å². The van der Waals surface area contributed by atoms with E-state index in [9.17, 15) is 5.11 Å². The normalized spacial score (nSPS) is 11.7. The quantitative estimate of drug-likeness (QED) is 0.317. The van der Waals surface area contributed by atoms with Crippen LogP contribution in [0.3, 0.4) is 0 Å². The average molecular weight is 139 g/mol. The highest BCUT2D eigenvalue weighted by Crippen LogP contribution is 1.95. The molecule has 0 aromatic rings. The first-order chi connectivity index (χ1) is 4.91. The zero-order valence-electron chi connectivity index (χ0n) is 6.55. The zero-order chi connectivity index (χ0) is 7.66. The molecule has 1 radical (unpaired) electrons. The van der Waals surface area contributed by atoms with Gasteiger partial charge >= 0.3 is 0 Å². The fourth-order valence-corrected chi connectivity index (χ4v) is 0.663. The van der Waals surface area contributed by atoms with Gasteiger partial charge in [0.2, 0.25) is 0 Å². The molecule has 0 N–H and O–H groups in total. The van der Waals surface area contributed by atoms with Crippen LogP contribution in [-0.2, 0) is 5.11 Å². The Labute approximate surface area is 63.1 Å². The van der Waals surface area contributed by atoms with Gasteiger partial charge in [0.25, 0.3) is 0 Å². The molecule has 0 unspecified atom stereocenters. The summed E-state index contributed by atoms with van der Waals surface area (Å²) in [7, 11) is 0. The van der Waals surface area contributed by atoms with Crippen LogP contribution in [0.1, 0.15) is 32.6 Å². The van der Waals surface area contributed by atoms with Crippen molar-refractivity contribution in [1.82, 2.24) is 0 Å². The van der Waals surface area contributed by atoms with E-state index in [4.69, 9.17) is 0 Å². The van der Waals surface area contributed by atoms with Crippen LogP contribution in [0, 0.1) is 0 Å². The molecule has 1 nitrogen and oxygen atoms in total. The lowest BCUT2D eigenvalue weighted by Gasteiger charge is -1.84. The molecule has 0 fully saturated rings. The molecule has 0 bridgehead atoms. The predicted octanol–water partition coefficient (Wildman–Crippen LogP) is 3.07. The van der Waals surface area contributed by atoms with E-state index in [0.29, 0.717) is 0 Å². The standard InChI is InChI=1S/C9H15O/c1-2-3-4-5-6-7-8-9-10/h4-5,8-9H,2-3,6-7H2,1H3. The monoisotopic (exact) mass is 139 g/mol. The molecule has 0 amide bonds. The minimum atomic E-state index is 0.855. The third-order valence-electron chi connectivity index (χ3n) is 1.22. The minimum Gasteiger partial charge on any atom is -0.299 e. The number of unbranched alkanes of at least 4 members (excludes halogenated alkanes) is 2. The van der Waals surface area contributed by atoms with Crippen LogP contribution < -0.4 is 0 Å². The third-order valence-corrected chi connectivity index (χ3v) is 1.22. The van der Waals surface area contributed by atoms with Crippen LogP contribution in [0.5, 0.6) is 0 Å². The van der Waals surface area contributed by atoms with Gasteiger partial charge in [0.15, 0.2) is 0 Å². The molecule has 0 saturated carbocycles. The number of rotatable bonds is 5. The lowest BCUT2D eigenvalue weighted by molar-refractivity contribution is 0.350. The highest BCUT2D eigenvalue weighted by molar-refractivity contribution is 4.84. The molecule has 0 atom stereocenters. The van der Waals surface area contributed by atoms with Gasteiger partial charge in [-0.3, -0.25) is 5.11 Å². The largest absolute Gasteiger partial charge is 0.299 e. The Morgan fingerprint density at radius 3 is 2.20 bits per heavy atom. The Morgan fingerprint density at radius 1 is 1.00 bits per heavy atom. The fourth-order valence-electron chi connectivity index (χ4n) is 0.663. The predicted molar refractivity (Wildman–Crippen MR) is 43.1 cm³/mol. The van der Waals surface area contributed by atoms with Crippen LogP contribution >= 0.6 is 0 Å². The summed E-state index contributed by atoms with van der Waals surface area (Å²) in [5.41, 5.74) is 0. The molecule has 0 aliphatic carbocycles. The van der Waals surface area contributed by atoms with E-state index in [1.807, 2.05) is 0 Å². The van der Waals surface area contributed by atoms with Gasteiger partial charge in [0, 0.05) is 0 Å². The van der Waals surface area contributed by atoms with Crippen molar-refractivity contribution >= 4 is 0 Å². The molecule has 0 aliphatic rings. The highest BCUT2D eigenvalue weighted by atomic mass is 16.2. The van der Waals surface area contributed by atoms with E-state index >= 15 is 0 Å². The molecule has 0 rings (SSSR count). The van der Waals surface area contributed by atoms with Gasteiger partial charge in [-0.2, -0.15) is 0 Å². The Bertz CT molecular complexity index is 103. The Hall–Kier alpha value is -0.720. The molecule has 0 heterocycles. The van der Waals surface area contributed by atoms with Crippen LogP contribution in [0.25, 0.3) is 0 Å². The second-order valence-electron chi connectivity index (χ2n) is 2.21. The Balaban J connectivity index is 3.02. The summed E-state index contributed by atoms with van der Waals surface area (Å²) in [5.74, 6) is 0. The summed E-state index contributed by atoms with van der Waals surface area (Å²) in [4.78, 5) is 0. The van der Waals surface area contributed by atoms with E-state index < -0.39 is 0 Å². The molecular formula is C9H15O. The summed E-state index contributed by atoms with van der Waals surface area (Å²) in [6, 6.07) is 0. The molecular weight excluding hydrogens is 124 g/mol. The van der Waals surface area contributed by atoms with E-state index in [1.165, 1.54) is 6.42 Å². The smallest absolute Gasteiger partial charge is 0.138 e. The van der Waals surface area contributed by atoms with Crippen molar-refractivity contribution in [2.75, 3.05) is 0 Å². The van der Waals surface area contributed by atoms with Crippen LogP contribution in [0.15, 0.2) is 24.5 Å². The van der Waals surface area contributed by atoms with Gasteiger partial charge in [0.05, 0.1) is 0 Å². The van der Waals surface area contributed by atoms with Crippen molar-refractivity contribution in [2.45, 2.75) is 32.6 Å². The van der Waals surface area contributed by atoms with Gasteiger partial charge in [0.1, 0.15) is 6.26 Å². The number of hydrogen-bond acceptors (Lipinski definition) is 0. The molecule has 57 valence electrons. The maximum atomic E-state index is 9.81. The van der Waals surface area contributed by atoms with Crippen LogP contribution in [0.4, 0.5) is 0 Å². The van der Waals surface area contributed by atoms with Gasteiger partial charge < -0.3 is 0 Å². The lowest BCUT2D eigenvalue weighted by Crippen LogP contribution is -1.65. The summed E-state index contributed by atoms with van der Waals surface area (Å²) in [6.45, 7) is 2.15. The number of allylic oxidation sites excluding steroid dienone is 3. The van der Waals surface area contributed by atoms with Gasteiger partial charge in [-0.05, 0) is 25.3 Å². The Kier molecular flexibility index (Phi) is 7.68. The van der Waals surface area contributed by atoms with E-state index in [1.54, 1.807) is 6.08 Å². The van der Waals surface area contributed by atoms with Crippen LogP contribution in [0.2, 0.25) is 0 Å². The SMILES string of the molecule is CCCC=CCCC=C[O]. The number of hydrogen-bond donors (Lipinski definition) is 0. The second-order valence-corrected chi connectivity index (χ2v) is 2.21. The van der Waals surface area contributed by atoms with Gasteiger partial charge in [-0.1, -0.05) is 25.5 Å². The Morgan fingerprint density at radius 2 is 1.60 bits per heavy atom. The molecule has 0 aromatic heterocycles. The molecule has 1 heteroatoms. The summed E-state index contributed by atoms with van der Waals surface area (Å²) in [5, 5.41) is 9.81. The van der Waals surface area contributed by atoms with Crippen molar-refractivity contribution < 1.29 is 5.11 Å². The molecule has 0 aliphatic heterocycles.